The van der Waals surface area contributed by atoms with Crippen LogP contribution in [0.25, 0.3) is 5.82 Å². The lowest BCUT2D eigenvalue weighted by molar-refractivity contribution is 0.484. The molecule has 0 atom stereocenters. The fourth-order valence-corrected chi connectivity index (χ4v) is 2.80. The molecule has 0 saturated heterocycles. The zero-order valence-electron chi connectivity index (χ0n) is 12.2. The second-order valence-corrected chi connectivity index (χ2v) is 5.38. The van der Waals surface area contributed by atoms with Crippen molar-refractivity contribution in [1.82, 2.24) is 29.3 Å². The minimum Gasteiger partial charge on any atom is -0.366 e. The number of anilines is 1. The normalized spacial score (nSPS) is 13.8. The summed E-state index contributed by atoms with van der Waals surface area (Å²) in [5, 5.41) is 7.82. The zero-order valence-corrected chi connectivity index (χ0v) is 12.2. The molecular weight excluding hydrogens is 278 g/mol. The quantitative estimate of drug-likeness (QED) is 0.794. The summed E-state index contributed by atoms with van der Waals surface area (Å²) in [4.78, 5) is 12.6. The molecule has 112 valence electrons. The first-order valence-electron chi connectivity index (χ1n) is 7.48. The van der Waals surface area contributed by atoms with Crippen molar-refractivity contribution < 1.29 is 0 Å². The van der Waals surface area contributed by atoms with Crippen molar-refractivity contribution in [3.05, 3.63) is 48.6 Å². The van der Waals surface area contributed by atoms with Crippen molar-refractivity contribution in [3.8, 4) is 5.82 Å². The zero-order chi connectivity index (χ0) is 14.8. The monoisotopic (exact) mass is 295 g/mol. The van der Waals surface area contributed by atoms with Gasteiger partial charge in [-0.25, -0.2) is 15.0 Å². The van der Waals surface area contributed by atoms with Gasteiger partial charge in [0.25, 0.3) is 0 Å². The standard InChI is InChI=1S/C15H17N7/c1-2-5-22-13(3-1)12(9-20-22)8-17-14-7-15(19-10-18-14)21-6-4-16-11-21/h4,6-7,9-11H,1-3,5,8H2,(H,17,18,19). The Balaban J connectivity index is 1.50. The summed E-state index contributed by atoms with van der Waals surface area (Å²) in [6.07, 6.45) is 12.4. The van der Waals surface area contributed by atoms with Crippen molar-refractivity contribution in [1.29, 1.82) is 0 Å². The van der Waals surface area contributed by atoms with Gasteiger partial charge in [0.05, 0.1) is 6.20 Å². The topological polar surface area (TPSA) is 73.5 Å². The third kappa shape index (κ3) is 2.45. The number of rotatable bonds is 4. The number of aromatic nitrogens is 6. The van der Waals surface area contributed by atoms with Gasteiger partial charge in [-0.15, -0.1) is 0 Å². The van der Waals surface area contributed by atoms with Crippen LogP contribution in [0.4, 0.5) is 5.82 Å². The smallest absolute Gasteiger partial charge is 0.143 e. The Kier molecular flexibility index (Phi) is 3.30. The van der Waals surface area contributed by atoms with E-state index in [0.29, 0.717) is 0 Å². The van der Waals surface area contributed by atoms with Crippen LogP contribution in [0.5, 0.6) is 0 Å². The van der Waals surface area contributed by atoms with Gasteiger partial charge in [-0.05, 0) is 19.3 Å². The molecular formula is C15H17N7. The molecule has 7 heteroatoms. The van der Waals surface area contributed by atoms with Crippen LogP contribution < -0.4 is 5.32 Å². The summed E-state index contributed by atoms with van der Waals surface area (Å²) in [7, 11) is 0. The molecule has 0 saturated carbocycles. The summed E-state index contributed by atoms with van der Waals surface area (Å²) in [5.74, 6) is 1.60. The molecule has 0 fully saturated rings. The van der Waals surface area contributed by atoms with E-state index in [1.165, 1.54) is 24.1 Å². The van der Waals surface area contributed by atoms with Crippen molar-refractivity contribution in [2.45, 2.75) is 32.4 Å². The Labute approximate surface area is 128 Å². The third-order valence-corrected chi connectivity index (χ3v) is 3.95. The number of hydrogen-bond acceptors (Lipinski definition) is 5. The van der Waals surface area contributed by atoms with Crippen LogP contribution in [-0.4, -0.2) is 29.3 Å². The molecule has 0 radical (unpaired) electrons. The van der Waals surface area contributed by atoms with Gasteiger partial charge in [-0.3, -0.25) is 9.25 Å². The van der Waals surface area contributed by atoms with E-state index in [2.05, 4.69) is 30.0 Å². The van der Waals surface area contributed by atoms with Gasteiger partial charge in [-0.1, -0.05) is 0 Å². The second kappa shape index (κ2) is 5.59. The summed E-state index contributed by atoms with van der Waals surface area (Å²) < 4.78 is 3.98. The Hall–Kier alpha value is -2.70. The Morgan fingerprint density at radius 1 is 1.23 bits per heavy atom. The summed E-state index contributed by atoms with van der Waals surface area (Å²) in [6.45, 7) is 1.77. The van der Waals surface area contributed by atoms with Crippen LogP contribution in [0.1, 0.15) is 24.1 Å². The van der Waals surface area contributed by atoms with Crippen molar-refractivity contribution in [2.24, 2.45) is 0 Å². The average molecular weight is 295 g/mol. The minimum atomic E-state index is 0.732. The van der Waals surface area contributed by atoms with Gasteiger partial charge in [0.1, 0.15) is 24.3 Å². The lowest BCUT2D eigenvalue weighted by Crippen LogP contribution is -2.13. The molecule has 22 heavy (non-hydrogen) atoms. The van der Waals surface area contributed by atoms with Crippen molar-refractivity contribution >= 4 is 5.82 Å². The SMILES string of the molecule is c1cn(-c2cc(NCc3cnn4c3CCCC4)ncn2)cn1. The molecule has 4 rings (SSSR count). The van der Waals surface area contributed by atoms with Crippen LogP contribution in [0, 0.1) is 0 Å². The van der Waals surface area contributed by atoms with Gasteiger partial charge < -0.3 is 5.32 Å². The predicted octanol–water partition coefficient (Wildman–Crippen LogP) is 1.81. The largest absolute Gasteiger partial charge is 0.366 e. The predicted molar refractivity (Wildman–Crippen MR) is 81.6 cm³/mol. The van der Waals surface area contributed by atoms with E-state index in [1.54, 1.807) is 18.9 Å². The first-order chi connectivity index (χ1) is 10.9. The molecule has 3 aromatic heterocycles. The van der Waals surface area contributed by atoms with Gasteiger partial charge in [0, 0.05) is 42.8 Å². The van der Waals surface area contributed by atoms with E-state index in [-0.39, 0.29) is 0 Å². The highest BCUT2D eigenvalue weighted by Crippen LogP contribution is 2.19. The molecule has 4 heterocycles. The molecule has 0 aliphatic carbocycles. The van der Waals surface area contributed by atoms with Crippen LogP contribution >= 0.6 is 0 Å². The molecule has 0 amide bonds. The Bertz CT molecular complexity index is 760. The highest BCUT2D eigenvalue weighted by molar-refractivity contribution is 5.41. The maximum Gasteiger partial charge on any atom is 0.143 e. The summed E-state index contributed by atoms with van der Waals surface area (Å²) in [6, 6.07) is 1.91. The lowest BCUT2D eigenvalue weighted by atomic mass is 10.1. The van der Waals surface area contributed by atoms with Crippen LogP contribution in [0.3, 0.4) is 0 Å². The first kappa shape index (κ1) is 13.0. The van der Waals surface area contributed by atoms with Gasteiger partial charge in [0.15, 0.2) is 0 Å². The summed E-state index contributed by atoms with van der Waals surface area (Å²) >= 11 is 0. The molecule has 0 spiro atoms. The van der Waals surface area contributed by atoms with E-state index < -0.39 is 0 Å². The van der Waals surface area contributed by atoms with E-state index in [0.717, 1.165) is 31.1 Å². The Morgan fingerprint density at radius 3 is 3.14 bits per heavy atom. The van der Waals surface area contributed by atoms with E-state index in [9.17, 15) is 0 Å². The Morgan fingerprint density at radius 2 is 2.23 bits per heavy atom. The number of fused-ring (bicyclic) bond motifs is 1. The molecule has 1 N–H and O–H groups in total. The number of hydrogen-bond donors (Lipinski definition) is 1. The molecule has 0 unspecified atom stereocenters. The van der Waals surface area contributed by atoms with E-state index in [1.807, 2.05) is 23.0 Å². The van der Waals surface area contributed by atoms with Crippen molar-refractivity contribution in [2.75, 3.05) is 5.32 Å². The summed E-state index contributed by atoms with van der Waals surface area (Å²) in [5.41, 5.74) is 2.60. The minimum absolute atomic E-state index is 0.732. The van der Waals surface area contributed by atoms with Crippen molar-refractivity contribution in [3.63, 3.8) is 0 Å². The lowest BCUT2D eigenvalue weighted by Gasteiger charge is -2.15. The van der Waals surface area contributed by atoms with Crippen LogP contribution in [0.15, 0.2) is 37.3 Å². The van der Waals surface area contributed by atoms with Gasteiger partial charge >= 0.3 is 0 Å². The number of nitrogens with one attached hydrogen (secondary N) is 1. The number of aryl methyl sites for hydroxylation is 1. The molecule has 0 aromatic carbocycles. The molecule has 7 nitrogen and oxygen atoms in total. The molecule has 1 aliphatic rings. The van der Waals surface area contributed by atoms with Gasteiger partial charge in [0.2, 0.25) is 0 Å². The van der Waals surface area contributed by atoms with E-state index >= 15 is 0 Å². The molecule has 0 bridgehead atoms. The molecule has 1 aliphatic heterocycles. The average Bonchev–Trinajstić information content (AvgIpc) is 3.23. The molecule has 3 aromatic rings. The number of nitrogens with zero attached hydrogens (tertiary/aromatic N) is 6. The van der Waals surface area contributed by atoms with E-state index in [4.69, 9.17) is 0 Å². The highest BCUT2D eigenvalue weighted by atomic mass is 15.3. The van der Waals surface area contributed by atoms with Crippen LogP contribution in [0.2, 0.25) is 0 Å². The second-order valence-electron chi connectivity index (χ2n) is 5.38. The third-order valence-electron chi connectivity index (χ3n) is 3.95. The van der Waals surface area contributed by atoms with Gasteiger partial charge in [-0.2, -0.15) is 5.10 Å². The maximum absolute atomic E-state index is 4.46. The maximum atomic E-state index is 4.46. The fraction of sp³-hybridized carbons (Fsp3) is 0.333. The van der Waals surface area contributed by atoms with Crippen LogP contribution in [-0.2, 0) is 19.5 Å². The highest BCUT2D eigenvalue weighted by Gasteiger charge is 2.14. The number of imidazole rings is 1. The first-order valence-corrected chi connectivity index (χ1v) is 7.48. The fourth-order valence-electron chi connectivity index (χ4n) is 2.80.